The lowest BCUT2D eigenvalue weighted by Gasteiger charge is -2.35. The van der Waals surface area contributed by atoms with E-state index in [-0.39, 0.29) is 24.2 Å². The first-order valence-electron chi connectivity index (χ1n) is 7.05. The molecular weight excluding hydrogens is 292 g/mol. The van der Waals surface area contributed by atoms with Gasteiger partial charge in [-0.25, -0.2) is 4.79 Å². The van der Waals surface area contributed by atoms with E-state index in [1.807, 2.05) is 24.4 Å². The van der Waals surface area contributed by atoms with Gasteiger partial charge in [0.1, 0.15) is 0 Å². The van der Waals surface area contributed by atoms with E-state index in [1.54, 1.807) is 17.4 Å². The molecule has 0 bridgehead atoms. The van der Waals surface area contributed by atoms with Crippen LogP contribution < -0.4 is 0 Å². The predicted octanol–water partition coefficient (Wildman–Crippen LogP) is 2.58. The molecule has 2 rings (SSSR count). The fraction of sp³-hybridized carbons (Fsp3) is 0.533. The molecule has 1 aliphatic heterocycles. The van der Waals surface area contributed by atoms with Crippen LogP contribution in [0.15, 0.2) is 29.3 Å². The zero-order valence-electron chi connectivity index (χ0n) is 11.9. The molecule has 0 saturated heterocycles. The molecule has 0 spiro atoms. The van der Waals surface area contributed by atoms with E-state index >= 15 is 0 Å². The number of aliphatic hydroxyl groups excluding tert-OH is 1. The molecule has 0 aromatic carbocycles. The van der Waals surface area contributed by atoms with Crippen molar-refractivity contribution >= 4 is 17.3 Å². The molecule has 0 amide bonds. The number of hydrogen-bond acceptors (Lipinski definition) is 5. The summed E-state index contributed by atoms with van der Waals surface area (Å²) in [6, 6.07) is 3.94. The molecule has 1 aromatic heterocycles. The molecular formula is C15H20O5S. The van der Waals surface area contributed by atoms with Crippen molar-refractivity contribution in [3.8, 4) is 0 Å². The second-order valence-electron chi connectivity index (χ2n) is 4.85. The molecule has 3 atom stereocenters. The Morgan fingerprint density at radius 3 is 2.90 bits per heavy atom. The number of aliphatic carboxylic acids is 1. The van der Waals surface area contributed by atoms with Gasteiger partial charge in [0.2, 0.25) is 12.0 Å². The van der Waals surface area contributed by atoms with Gasteiger partial charge in [-0.2, -0.15) is 0 Å². The third kappa shape index (κ3) is 3.84. The van der Waals surface area contributed by atoms with Gasteiger partial charge in [-0.1, -0.05) is 6.07 Å². The second-order valence-corrected chi connectivity index (χ2v) is 5.83. The number of carboxylic acid groups (broad SMARTS) is 1. The van der Waals surface area contributed by atoms with Gasteiger partial charge in [0.15, 0.2) is 0 Å². The Hall–Kier alpha value is -1.37. The zero-order chi connectivity index (χ0) is 15.2. The number of carboxylic acids is 1. The first-order valence-corrected chi connectivity index (χ1v) is 7.93. The smallest absolute Gasteiger partial charge is 0.370 e. The molecule has 2 heterocycles. The summed E-state index contributed by atoms with van der Waals surface area (Å²) in [4.78, 5) is 12.3. The Balaban J connectivity index is 2.32. The molecule has 1 aromatic rings. The van der Waals surface area contributed by atoms with Crippen LogP contribution in [-0.2, 0) is 14.3 Å². The highest BCUT2D eigenvalue weighted by atomic mass is 32.1. The van der Waals surface area contributed by atoms with Crippen molar-refractivity contribution < 1.29 is 24.5 Å². The highest BCUT2D eigenvalue weighted by Crippen LogP contribution is 2.40. The number of carbonyl (C=O) groups is 1. The largest absolute Gasteiger partial charge is 0.475 e. The normalized spacial score (nSPS) is 25.2. The van der Waals surface area contributed by atoms with Crippen molar-refractivity contribution in [3.63, 3.8) is 0 Å². The fourth-order valence-corrected chi connectivity index (χ4v) is 3.44. The number of thiophene rings is 1. The minimum atomic E-state index is -1.08. The first kappa shape index (κ1) is 16.0. The van der Waals surface area contributed by atoms with Crippen LogP contribution in [0.5, 0.6) is 0 Å². The molecule has 2 N–H and O–H groups in total. The number of rotatable bonds is 7. The van der Waals surface area contributed by atoms with Crippen molar-refractivity contribution in [2.45, 2.75) is 32.0 Å². The summed E-state index contributed by atoms with van der Waals surface area (Å²) < 4.78 is 11.1. The van der Waals surface area contributed by atoms with Crippen molar-refractivity contribution in [1.82, 2.24) is 0 Å². The molecule has 21 heavy (non-hydrogen) atoms. The van der Waals surface area contributed by atoms with Crippen molar-refractivity contribution in [1.29, 1.82) is 0 Å². The Kier molecular flexibility index (Phi) is 5.78. The van der Waals surface area contributed by atoms with E-state index in [9.17, 15) is 9.90 Å². The Morgan fingerprint density at radius 1 is 1.52 bits per heavy atom. The summed E-state index contributed by atoms with van der Waals surface area (Å²) in [5.74, 6) is -1.21. The van der Waals surface area contributed by atoms with Crippen LogP contribution in [0.1, 0.15) is 30.6 Å². The lowest BCUT2D eigenvalue weighted by Crippen LogP contribution is -2.36. The standard InChI is InChI=1S/C15H20O5S/c1-2-19-15-10(5-3-7-16)11(13-6-4-8-21-13)9-12(20-15)14(17)18/h4,6,8-11,15-16H,2-3,5,7H2,1H3,(H,17,18)/t10-,11-,15+/m0/s1. The van der Waals surface area contributed by atoms with Crippen LogP contribution in [-0.4, -0.2) is 35.7 Å². The van der Waals surface area contributed by atoms with Crippen LogP contribution in [0, 0.1) is 5.92 Å². The number of hydrogen-bond donors (Lipinski definition) is 2. The number of ether oxygens (including phenoxy) is 2. The summed E-state index contributed by atoms with van der Waals surface area (Å²) in [6.45, 7) is 2.40. The van der Waals surface area contributed by atoms with E-state index < -0.39 is 12.3 Å². The van der Waals surface area contributed by atoms with E-state index in [0.29, 0.717) is 19.4 Å². The summed E-state index contributed by atoms with van der Waals surface area (Å²) in [5, 5.41) is 20.3. The molecule has 0 fully saturated rings. The SMILES string of the molecule is CCO[C@@H]1OC(C(=O)O)=C[C@H](c2cccs2)[C@@H]1CCCO. The van der Waals surface area contributed by atoms with Crippen LogP contribution >= 0.6 is 11.3 Å². The van der Waals surface area contributed by atoms with Crippen LogP contribution in [0.3, 0.4) is 0 Å². The monoisotopic (exact) mass is 312 g/mol. The van der Waals surface area contributed by atoms with Crippen molar-refractivity contribution in [2.75, 3.05) is 13.2 Å². The number of aliphatic hydroxyl groups is 1. The Labute approximate surface area is 127 Å². The third-order valence-corrected chi connectivity index (χ3v) is 4.47. The van der Waals surface area contributed by atoms with Gasteiger partial charge in [-0.05, 0) is 37.3 Å². The topological polar surface area (TPSA) is 76.0 Å². The zero-order valence-corrected chi connectivity index (χ0v) is 12.7. The van der Waals surface area contributed by atoms with Crippen LogP contribution in [0.4, 0.5) is 0 Å². The predicted molar refractivity (Wildman–Crippen MR) is 79.1 cm³/mol. The fourth-order valence-electron chi connectivity index (χ4n) is 2.57. The summed E-state index contributed by atoms with van der Waals surface area (Å²) in [6.07, 6.45) is 2.42. The average molecular weight is 312 g/mol. The van der Waals surface area contributed by atoms with Gasteiger partial charge in [-0.15, -0.1) is 11.3 Å². The summed E-state index contributed by atoms with van der Waals surface area (Å²) in [7, 11) is 0. The maximum Gasteiger partial charge on any atom is 0.370 e. The van der Waals surface area contributed by atoms with E-state index in [4.69, 9.17) is 14.6 Å². The van der Waals surface area contributed by atoms with Gasteiger partial charge in [0.05, 0.1) is 0 Å². The van der Waals surface area contributed by atoms with Crippen molar-refractivity contribution in [3.05, 3.63) is 34.2 Å². The van der Waals surface area contributed by atoms with Gasteiger partial charge in [0.25, 0.3) is 0 Å². The maximum atomic E-state index is 11.3. The van der Waals surface area contributed by atoms with Crippen LogP contribution in [0.25, 0.3) is 0 Å². The summed E-state index contributed by atoms with van der Waals surface area (Å²) >= 11 is 1.59. The van der Waals surface area contributed by atoms with Gasteiger partial charge >= 0.3 is 5.97 Å². The molecule has 5 nitrogen and oxygen atoms in total. The lowest BCUT2D eigenvalue weighted by atomic mass is 9.84. The highest BCUT2D eigenvalue weighted by molar-refractivity contribution is 7.10. The van der Waals surface area contributed by atoms with E-state index in [2.05, 4.69) is 0 Å². The number of allylic oxidation sites excluding steroid dienone is 1. The minimum Gasteiger partial charge on any atom is -0.475 e. The molecule has 6 heteroatoms. The third-order valence-electron chi connectivity index (χ3n) is 3.49. The second kappa shape index (κ2) is 7.59. The maximum absolute atomic E-state index is 11.3. The van der Waals surface area contributed by atoms with Gasteiger partial charge < -0.3 is 19.7 Å². The molecule has 116 valence electrons. The molecule has 0 unspecified atom stereocenters. The molecule has 0 aliphatic carbocycles. The molecule has 1 aliphatic rings. The minimum absolute atomic E-state index is 0.00106. The first-order chi connectivity index (χ1) is 10.2. The lowest BCUT2D eigenvalue weighted by molar-refractivity contribution is -0.173. The quantitative estimate of drug-likeness (QED) is 0.809. The summed E-state index contributed by atoms with van der Waals surface area (Å²) in [5.41, 5.74) is 0. The van der Waals surface area contributed by atoms with Gasteiger partial charge in [-0.3, -0.25) is 0 Å². The Bertz CT molecular complexity index is 482. The van der Waals surface area contributed by atoms with E-state index in [1.165, 1.54) is 0 Å². The molecule has 0 saturated carbocycles. The highest BCUT2D eigenvalue weighted by Gasteiger charge is 2.38. The Morgan fingerprint density at radius 2 is 2.33 bits per heavy atom. The van der Waals surface area contributed by atoms with Gasteiger partial charge in [0, 0.05) is 29.9 Å². The van der Waals surface area contributed by atoms with Crippen LogP contribution in [0.2, 0.25) is 0 Å². The molecule has 0 radical (unpaired) electrons. The van der Waals surface area contributed by atoms with E-state index in [0.717, 1.165) is 4.88 Å². The van der Waals surface area contributed by atoms with Crippen molar-refractivity contribution in [2.24, 2.45) is 5.92 Å². The average Bonchev–Trinajstić information content (AvgIpc) is 2.99.